The minimum atomic E-state index is -1.15. The van der Waals surface area contributed by atoms with Gasteiger partial charge in [-0.25, -0.2) is 4.79 Å². The van der Waals surface area contributed by atoms with Crippen LogP contribution < -0.4 is 16.4 Å². The van der Waals surface area contributed by atoms with Gasteiger partial charge in [-0.15, -0.1) is 0 Å². The molecule has 0 heterocycles. The first-order chi connectivity index (χ1) is 12.8. The van der Waals surface area contributed by atoms with Gasteiger partial charge in [0.1, 0.15) is 6.04 Å². The summed E-state index contributed by atoms with van der Waals surface area (Å²) in [5.41, 5.74) is 6.51. The van der Waals surface area contributed by atoms with E-state index in [-0.39, 0.29) is 31.0 Å². The van der Waals surface area contributed by atoms with Crippen LogP contribution in [0.4, 0.5) is 0 Å². The second-order valence-corrected chi connectivity index (χ2v) is 7.30. The van der Waals surface area contributed by atoms with E-state index >= 15 is 0 Å². The molecule has 0 aliphatic rings. The molecule has 0 rings (SSSR count). The minimum Gasteiger partial charge on any atom is -0.480 e. The maximum absolute atomic E-state index is 12.5. The number of aliphatic carboxylic acids is 1. The van der Waals surface area contributed by atoms with Crippen molar-refractivity contribution in [2.24, 2.45) is 11.7 Å². The number of carbonyl (C=O) groups excluding carboxylic acids is 1. The van der Waals surface area contributed by atoms with Crippen molar-refractivity contribution in [2.45, 2.75) is 71.0 Å². The number of nitrogens with two attached hydrogens (primary N) is 1. The van der Waals surface area contributed by atoms with Crippen molar-refractivity contribution >= 4 is 24.5 Å². The molecule has 0 saturated carbocycles. The Morgan fingerprint density at radius 3 is 2.44 bits per heavy atom. The number of carbonyl (C=O) groups is 2. The van der Waals surface area contributed by atoms with E-state index in [0.717, 1.165) is 12.8 Å². The topological polar surface area (TPSA) is 125 Å². The zero-order valence-electron chi connectivity index (χ0n) is 16.8. The molecule has 3 unspecified atom stereocenters. The number of carboxylic acid groups (broad SMARTS) is 1. The molecular weight excluding hydrogens is 366 g/mol. The highest BCUT2D eigenvalue weighted by Crippen LogP contribution is 2.15. The summed E-state index contributed by atoms with van der Waals surface area (Å²) >= 11 is 4.20. The van der Waals surface area contributed by atoms with Crippen molar-refractivity contribution < 1.29 is 19.8 Å². The third-order valence-corrected chi connectivity index (χ3v) is 5.13. The molecule has 0 aromatic rings. The van der Waals surface area contributed by atoms with E-state index in [4.69, 9.17) is 15.9 Å². The Kier molecular flexibility index (Phi) is 14.3. The minimum absolute atomic E-state index is 0.0147. The molecule has 0 fully saturated rings. The van der Waals surface area contributed by atoms with Gasteiger partial charge in [-0.1, -0.05) is 39.7 Å². The third kappa shape index (κ3) is 10.7. The quantitative estimate of drug-likeness (QED) is 0.181. The lowest BCUT2D eigenvalue weighted by atomic mass is 9.94. The number of carboxylic acids is 1. The van der Waals surface area contributed by atoms with Gasteiger partial charge in [0.2, 0.25) is 5.91 Å². The first-order valence-electron chi connectivity index (χ1n) is 9.73. The van der Waals surface area contributed by atoms with Gasteiger partial charge in [-0.2, -0.15) is 12.6 Å². The lowest BCUT2D eigenvalue weighted by Gasteiger charge is -2.25. The molecule has 0 aliphatic heterocycles. The SMILES string of the molecule is CCC/C(=C\CC(NC[C@H](N)CS)C(C)CC)C(=O)NC(CCO)C(=O)O. The summed E-state index contributed by atoms with van der Waals surface area (Å²) in [4.78, 5) is 23.7. The second-order valence-electron chi connectivity index (χ2n) is 6.93. The first-order valence-corrected chi connectivity index (χ1v) is 10.4. The maximum atomic E-state index is 12.5. The number of rotatable bonds is 15. The zero-order valence-corrected chi connectivity index (χ0v) is 17.7. The average Bonchev–Trinajstić information content (AvgIpc) is 2.65. The standard InChI is InChI=1S/C19H37N3O4S/c1-4-6-14(18(24)22-17(9-10-23)19(25)26)7-8-16(13(3)5-2)21-11-15(20)12-27/h7,13,15-17,21,23,27H,4-6,8-12,20H2,1-3H3,(H,22,24)(H,25,26)/b14-7+/t13?,15-,16?,17?/m0/s1. The van der Waals surface area contributed by atoms with Gasteiger partial charge in [0.05, 0.1) is 0 Å². The van der Waals surface area contributed by atoms with E-state index in [1.807, 2.05) is 13.0 Å². The summed E-state index contributed by atoms with van der Waals surface area (Å²) in [5.74, 6) is -0.526. The van der Waals surface area contributed by atoms with Crippen molar-refractivity contribution in [1.82, 2.24) is 10.6 Å². The fourth-order valence-corrected chi connectivity index (χ4v) is 2.78. The molecule has 0 spiro atoms. The number of aliphatic hydroxyl groups excluding tert-OH is 1. The zero-order chi connectivity index (χ0) is 20.8. The molecule has 4 atom stereocenters. The van der Waals surface area contributed by atoms with Gasteiger partial charge in [-0.05, 0) is 18.8 Å². The predicted octanol–water partition coefficient (Wildman–Crippen LogP) is 1.32. The van der Waals surface area contributed by atoms with E-state index in [9.17, 15) is 9.59 Å². The van der Waals surface area contributed by atoms with E-state index in [1.165, 1.54) is 0 Å². The van der Waals surface area contributed by atoms with Crippen LogP contribution in [-0.4, -0.2) is 59.1 Å². The van der Waals surface area contributed by atoms with E-state index in [2.05, 4.69) is 37.1 Å². The molecule has 0 bridgehead atoms. The summed E-state index contributed by atoms with van der Waals surface area (Å²) in [6.07, 6.45) is 4.89. The van der Waals surface area contributed by atoms with Crippen molar-refractivity contribution in [3.8, 4) is 0 Å². The van der Waals surface area contributed by atoms with Gasteiger partial charge in [0.15, 0.2) is 0 Å². The Balaban J connectivity index is 5.12. The molecule has 0 radical (unpaired) electrons. The highest BCUT2D eigenvalue weighted by atomic mass is 32.1. The van der Waals surface area contributed by atoms with Crippen molar-refractivity contribution in [3.63, 3.8) is 0 Å². The Labute approximate surface area is 168 Å². The van der Waals surface area contributed by atoms with Crippen molar-refractivity contribution in [1.29, 1.82) is 0 Å². The van der Waals surface area contributed by atoms with Gasteiger partial charge in [0.25, 0.3) is 0 Å². The molecule has 6 N–H and O–H groups in total. The van der Waals surface area contributed by atoms with Crippen molar-refractivity contribution in [3.05, 3.63) is 11.6 Å². The van der Waals surface area contributed by atoms with E-state index in [0.29, 0.717) is 36.6 Å². The van der Waals surface area contributed by atoms with Gasteiger partial charge < -0.3 is 26.6 Å². The maximum Gasteiger partial charge on any atom is 0.326 e. The normalized spacial score (nSPS) is 16.4. The molecule has 7 nitrogen and oxygen atoms in total. The largest absolute Gasteiger partial charge is 0.480 e. The Morgan fingerprint density at radius 1 is 1.30 bits per heavy atom. The molecule has 27 heavy (non-hydrogen) atoms. The van der Waals surface area contributed by atoms with Crippen LogP contribution in [0.2, 0.25) is 0 Å². The average molecular weight is 404 g/mol. The van der Waals surface area contributed by atoms with Crippen LogP contribution in [0, 0.1) is 5.92 Å². The number of amides is 1. The first kappa shape index (κ1) is 25.9. The number of nitrogens with one attached hydrogen (secondary N) is 2. The van der Waals surface area contributed by atoms with Gasteiger partial charge in [0, 0.05) is 43.0 Å². The van der Waals surface area contributed by atoms with Crippen LogP contribution in [0.1, 0.15) is 52.9 Å². The smallest absolute Gasteiger partial charge is 0.326 e. The molecule has 8 heteroatoms. The summed E-state index contributed by atoms with van der Waals surface area (Å²) in [6, 6.07) is -0.940. The highest BCUT2D eigenvalue weighted by molar-refractivity contribution is 7.80. The summed E-state index contributed by atoms with van der Waals surface area (Å²) < 4.78 is 0. The lowest BCUT2D eigenvalue weighted by molar-refractivity contribution is -0.141. The molecule has 0 aromatic heterocycles. The Morgan fingerprint density at radius 2 is 1.96 bits per heavy atom. The van der Waals surface area contributed by atoms with E-state index < -0.39 is 12.0 Å². The fraction of sp³-hybridized carbons (Fsp3) is 0.789. The van der Waals surface area contributed by atoms with Gasteiger partial charge in [-0.3, -0.25) is 4.79 Å². The highest BCUT2D eigenvalue weighted by Gasteiger charge is 2.22. The molecule has 0 saturated heterocycles. The summed E-state index contributed by atoms with van der Waals surface area (Å²) in [7, 11) is 0. The number of thiol groups is 1. The van der Waals surface area contributed by atoms with Crippen LogP contribution in [0.3, 0.4) is 0 Å². The predicted molar refractivity (Wildman–Crippen MR) is 112 cm³/mol. The second kappa shape index (κ2) is 14.9. The summed E-state index contributed by atoms with van der Waals surface area (Å²) in [5, 5.41) is 24.1. The van der Waals surface area contributed by atoms with Crippen molar-refractivity contribution in [2.75, 3.05) is 18.9 Å². The lowest BCUT2D eigenvalue weighted by Crippen LogP contribution is -2.43. The van der Waals surface area contributed by atoms with Crippen LogP contribution in [0.25, 0.3) is 0 Å². The van der Waals surface area contributed by atoms with E-state index in [1.54, 1.807) is 0 Å². The number of hydrogen-bond donors (Lipinski definition) is 6. The van der Waals surface area contributed by atoms with Gasteiger partial charge >= 0.3 is 5.97 Å². The molecular formula is C19H37N3O4S. The molecule has 0 aliphatic carbocycles. The molecule has 1 amide bonds. The monoisotopic (exact) mass is 403 g/mol. The number of aliphatic hydroxyl groups is 1. The Hall–Kier alpha value is -1.09. The van der Waals surface area contributed by atoms with Crippen LogP contribution in [0.15, 0.2) is 11.6 Å². The van der Waals surface area contributed by atoms with Crippen LogP contribution in [-0.2, 0) is 9.59 Å². The molecule has 158 valence electrons. The number of hydrogen-bond acceptors (Lipinski definition) is 6. The third-order valence-electron chi connectivity index (χ3n) is 4.66. The fourth-order valence-electron chi connectivity index (χ4n) is 2.65. The van der Waals surface area contributed by atoms with Crippen LogP contribution in [0.5, 0.6) is 0 Å². The Bertz CT molecular complexity index is 474. The summed E-state index contributed by atoms with van der Waals surface area (Å²) in [6.45, 7) is 6.60. The van der Waals surface area contributed by atoms with Crippen LogP contribution >= 0.6 is 12.6 Å². The molecule has 0 aromatic carbocycles.